The Hall–Kier alpha value is -2.42. The summed E-state index contributed by atoms with van der Waals surface area (Å²) in [5.74, 6) is 2.71. The first-order valence-electron chi connectivity index (χ1n) is 9.23. The monoisotopic (exact) mass is 391 g/mol. The van der Waals surface area contributed by atoms with E-state index in [2.05, 4.69) is 50.5 Å². The van der Waals surface area contributed by atoms with E-state index in [4.69, 9.17) is 11.4 Å². The highest BCUT2D eigenvalue weighted by atomic mass is 32.1. The average molecular weight is 392 g/mol. The molecule has 4 heterocycles. The molecule has 27 heavy (non-hydrogen) atoms. The third-order valence-electron chi connectivity index (χ3n) is 4.67. The molecule has 0 amide bonds. The van der Waals surface area contributed by atoms with Gasteiger partial charge in [-0.25, -0.2) is 9.97 Å². The summed E-state index contributed by atoms with van der Waals surface area (Å²) in [5.41, 5.74) is 4.37. The average Bonchev–Trinajstić information content (AvgIpc) is 3.44. The molecule has 0 saturated carbocycles. The van der Waals surface area contributed by atoms with E-state index < -0.39 is 0 Å². The van der Waals surface area contributed by atoms with Gasteiger partial charge < -0.3 is 4.57 Å². The molecule has 0 atom stereocenters. The Morgan fingerprint density at radius 1 is 0.963 bits per heavy atom. The van der Waals surface area contributed by atoms with Crippen molar-refractivity contribution in [3.05, 3.63) is 47.5 Å². The van der Waals surface area contributed by atoms with Gasteiger partial charge in [-0.1, -0.05) is 18.9 Å². The van der Waals surface area contributed by atoms with Crippen LogP contribution in [0.2, 0.25) is 0 Å². The molecule has 0 aliphatic carbocycles. The highest BCUT2D eigenvalue weighted by Crippen LogP contribution is 2.40. The minimum absolute atomic E-state index is 0.881. The summed E-state index contributed by atoms with van der Waals surface area (Å²) >= 11 is 3.56. The van der Waals surface area contributed by atoms with Gasteiger partial charge in [-0.15, -0.1) is 35.0 Å². The molecular weight excluding hydrogens is 370 g/mol. The van der Waals surface area contributed by atoms with Crippen LogP contribution in [0, 0.1) is 12.3 Å². The van der Waals surface area contributed by atoms with Crippen molar-refractivity contribution in [2.45, 2.75) is 38.6 Å². The van der Waals surface area contributed by atoms with E-state index in [9.17, 15) is 0 Å². The van der Waals surface area contributed by atoms with Gasteiger partial charge in [0.15, 0.2) is 5.65 Å². The Balaban J connectivity index is 1.57. The summed E-state index contributed by atoms with van der Waals surface area (Å²) in [6.45, 7) is 0.949. The van der Waals surface area contributed by atoms with Gasteiger partial charge in [-0.3, -0.25) is 0 Å². The quantitative estimate of drug-likeness (QED) is 0.254. The Morgan fingerprint density at radius 3 is 2.74 bits per heavy atom. The Kier molecular flexibility index (Phi) is 5.66. The van der Waals surface area contributed by atoms with Crippen molar-refractivity contribution in [3.8, 4) is 33.2 Å². The number of fused-ring (bicyclic) bond motifs is 1. The zero-order chi connectivity index (χ0) is 18.5. The molecule has 0 unspecified atom stereocenters. The summed E-state index contributed by atoms with van der Waals surface area (Å²) in [4.78, 5) is 11.9. The van der Waals surface area contributed by atoms with Crippen molar-refractivity contribution in [2.75, 3.05) is 0 Å². The molecule has 4 rings (SSSR count). The topological polar surface area (TPSA) is 30.7 Å². The molecule has 0 saturated heterocycles. The minimum Gasteiger partial charge on any atom is -0.315 e. The third kappa shape index (κ3) is 3.83. The molecule has 0 radical (unpaired) electrons. The van der Waals surface area contributed by atoms with Crippen LogP contribution in [0.15, 0.2) is 47.5 Å². The number of rotatable bonds is 8. The van der Waals surface area contributed by atoms with Crippen LogP contribution in [-0.4, -0.2) is 14.5 Å². The first-order valence-corrected chi connectivity index (χ1v) is 11.0. The van der Waals surface area contributed by atoms with E-state index in [1.165, 1.54) is 28.2 Å². The van der Waals surface area contributed by atoms with Gasteiger partial charge >= 0.3 is 0 Å². The molecule has 0 aliphatic rings. The molecule has 4 aromatic heterocycles. The summed E-state index contributed by atoms with van der Waals surface area (Å²) in [6, 6.07) is 8.55. The van der Waals surface area contributed by atoms with Crippen LogP contribution in [0.5, 0.6) is 0 Å². The number of hydrogen-bond donors (Lipinski definition) is 0. The number of imidazole rings is 1. The maximum atomic E-state index is 5.31. The second-order valence-electron chi connectivity index (χ2n) is 6.48. The van der Waals surface area contributed by atoms with Crippen LogP contribution < -0.4 is 0 Å². The zero-order valence-electron chi connectivity index (χ0n) is 15.1. The molecule has 0 bridgehead atoms. The number of nitrogens with zero attached hydrogens (tertiary/aromatic N) is 3. The Labute approximate surface area is 167 Å². The molecule has 4 aromatic rings. The van der Waals surface area contributed by atoms with Crippen molar-refractivity contribution in [1.29, 1.82) is 0 Å². The van der Waals surface area contributed by atoms with Crippen LogP contribution in [0.25, 0.3) is 32.0 Å². The zero-order valence-corrected chi connectivity index (χ0v) is 16.7. The summed E-state index contributed by atoms with van der Waals surface area (Å²) in [7, 11) is 0. The largest absolute Gasteiger partial charge is 0.315 e. The summed E-state index contributed by atoms with van der Waals surface area (Å²) < 4.78 is 2.18. The molecule has 0 aromatic carbocycles. The highest BCUT2D eigenvalue weighted by molar-refractivity contribution is 7.20. The minimum atomic E-state index is 0.881. The lowest BCUT2D eigenvalue weighted by Crippen LogP contribution is -1.97. The molecule has 3 nitrogen and oxygen atoms in total. The van der Waals surface area contributed by atoms with E-state index >= 15 is 0 Å². The number of pyridine rings is 1. The predicted octanol–water partition coefficient (Wildman–Crippen LogP) is 6.47. The lowest BCUT2D eigenvalue weighted by molar-refractivity contribution is 0.582. The molecule has 0 N–H and O–H groups in total. The second kappa shape index (κ2) is 8.51. The maximum Gasteiger partial charge on any atom is 0.160 e. The van der Waals surface area contributed by atoms with Gasteiger partial charge in [-0.05, 0) is 41.8 Å². The van der Waals surface area contributed by atoms with Crippen LogP contribution in [-0.2, 0) is 6.54 Å². The SMILES string of the molecule is C#CCCCCCCn1cnc2c(-c3ccsc3-c3cccs3)ccnc21. The first kappa shape index (κ1) is 18.0. The maximum absolute atomic E-state index is 5.31. The number of aromatic nitrogens is 3. The number of hydrogen-bond acceptors (Lipinski definition) is 4. The second-order valence-corrected chi connectivity index (χ2v) is 8.34. The van der Waals surface area contributed by atoms with Crippen molar-refractivity contribution < 1.29 is 0 Å². The van der Waals surface area contributed by atoms with Crippen LogP contribution in [0.1, 0.15) is 32.1 Å². The van der Waals surface area contributed by atoms with Gasteiger partial charge in [0.1, 0.15) is 5.52 Å². The normalized spacial score (nSPS) is 11.1. The van der Waals surface area contributed by atoms with E-state index in [-0.39, 0.29) is 0 Å². The van der Waals surface area contributed by atoms with Crippen molar-refractivity contribution >= 4 is 33.8 Å². The van der Waals surface area contributed by atoms with Crippen LogP contribution in [0.4, 0.5) is 0 Å². The van der Waals surface area contributed by atoms with Crippen molar-refractivity contribution in [2.24, 2.45) is 0 Å². The number of unbranched alkanes of at least 4 members (excludes halogenated alkanes) is 4. The molecular formula is C22H21N3S2. The fraction of sp³-hybridized carbons (Fsp3) is 0.273. The third-order valence-corrected chi connectivity index (χ3v) is 6.64. The lowest BCUT2D eigenvalue weighted by atomic mass is 10.1. The molecule has 0 fully saturated rings. The van der Waals surface area contributed by atoms with Gasteiger partial charge in [-0.2, -0.15) is 0 Å². The number of aryl methyl sites for hydroxylation is 1. The van der Waals surface area contributed by atoms with E-state index in [1.54, 1.807) is 22.7 Å². The van der Waals surface area contributed by atoms with E-state index in [0.717, 1.165) is 42.5 Å². The number of thiophene rings is 2. The Morgan fingerprint density at radius 2 is 1.89 bits per heavy atom. The van der Waals surface area contributed by atoms with Crippen LogP contribution in [0.3, 0.4) is 0 Å². The van der Waals surface area contributed by atoms with Gasteiger partial charge in [0.25, 0.3) is 0 Å². The molecule has 0 aliphatic heterocycles. The highest BCUT2D eigenvalue weighted by Gasteiger charge is 2.15. The van der Waals surface area contributed by atoms with Gasteiger partial charge in [0, 0.05) is 35.2 Å². The fourth-order valence-corrected chi connectivity index (χ4v) is 5.12. The van der Waals surface area contributed by atoms with Crippen LogP contribution >= 0.6 is 22.7 Å². The predicted molar refractivity (Wildman–Crippen MR) is 116 cm³/mol. The molecule has 0 spiro atoms. The summed E-state index contributed by atoms with van der Waals surface area (Å²) in [6.07, 6.45) is 14.6. The Bertz CT molecular complexity index is 1050. The van der Waals surface area contributed by atoms with E-state index in [1.807, 2.05) is 12.5 Å². The molecule has 5 heteroatoms. The van der Waals surface area contributed by atoms with Gasteiger partial charge in [0.05, 0.1) is 11.2 Å². The standard InChI is InChI=1S/C22H21N3S2/c1-2-3-4-5-6-7-13-25-16-24-20-17(10-12-23-22(20)25)18-11-15-27-21(18)19-9-8-14-26-19/h1,8-12,14-16H,3-7,13H2. The smallest absolute Gasteiger partial charge is 0.160 e. The van der Waals surface area contributed by atoms with Crippen molar-refractivity contribution in [3.63, 3.8) is 0 Å². The first-order chi connectivity index (χ1) is 13.4. The summed E-state index contributed by atoms with van der Waals surface area (Å²) in [5, 5.41) is 4.28. The molecule has 136 valence electrons. The number of terminal acetylenes is 1. The van der Waals surface area contributed by atoms with Gasteiger partial charge in [0.2, 0.25) is 0 Å². The van der Waals surface area contributed by atoms with E-state index in [0.29, 0.717) is 0 Å². The lowest BCUT2D eigenvalue weighted by Gasteiger charge is -2.06. The van der Waals surface area contributed by atoms with Crippen molar-refractivity contribution in [1.82, 2.24) is 14.5 Å². The fourth-order valence-electron chi connectivity index (χ4n) is 3.33.